The molecule has 15 heavy (non-hydrogen) atoms. The first-order chi connectivity index (χ1) is 6.70. The summed E-state index contributed by atoms with van der Waals surface area (Å²) >= 11 is 1.47. The molecule has 2 N–H and O–H groups in total. The summed E-state index contributed by atoms with van der Waals surface area (Å²) in [5.74, 6) is 0.0545. The van der Waals surface area contributed by atoms with Gasteiger partial charge in [-0.05, 0) is 17.4 Å². The molecule has 0 bridgehead atoms. The average Bonchev–Trinajstić information content (AvgIpc) is 2.19. The van der Waals surface area contributed by atoms with Gasteiger partial charge in [-0.3, -0.25) is 4.79 Å². The Bertz CT molecular complexity index is 295. The summed E-state index contributed by atoms with van der Waals surface area (Å²) in [6.07, 6.45) is 0. The summed E-state index contributed by atoms with van der Waals surface area (Å²) in [5, 5.41) is 8.48. The van der Waals surface area contributed by atoms with Gasteiger partial charge in [0.15, 0.2) is 0 Å². The molecule has 0 aromatic heterocycles. The molecule has 0 heterocycles. The Morgan fingerprint density at radius 2 is 2.00 bits per heavy atom. The van der Waals surface area contributed by atoms with Crippen LogP contribution < -0.4 is 0 Å². The van der Waals surface area contributed by atoms with E-state index in [1.165, 1.54) is 11.8 Å². The van der Waals surface area contributed by atoms with Crippen molar-refractivity contribution < 1.29 is 31.0 Å². The standard InChI is InChI=1S/C10H12NO2S.W/c11-9(10(12)13)7-14-6-8-4-2-1-3-5-8;/h1-5,9,11H,6-7H2,(H,12,13);/q-1;/t9-;/m0./s1. The maximum atomic E-state index is 10.3. The summed E-state index contributed by atoms with van der Waals surface area (Å²) in [5.41, 5.74) is 8.33. The fourth-order valence-electron chi connectivity index (χ4n) is 0.940. The number of carboxylic acid groups (broad SMARTS) is 1. The normalized spacial score (nSPS) is 11.5. The van der Waals surface area contributed by atoms with Crippen molar-refractivity contribution in [2.24, 2.45) is 0 Å². The molecule has 0 radical (unpaired) electrons. The fourth-order valence-corrected chi connectivity index (χ4v) is 1.86. The van der Waals surface area contributed by atoms with Gasteiger partial charge in [0.25, 0.3) is 5.97 Å². The van der Waals surface area contributed by atoms with E-state index in [1.807, 2.05) is 30.3 Å². The zero-order valence-corrected chi connectivity index (χ0v) is 11.8. The van der Waals surface area contributed by atoms with E-state index in [9.17, 15) is 4.79 Å². The molecule has 0 aliphatic heterocycles. The molecule has 5 heteroatoms. The summed E-state index contributed by atoms with van der Waals surface area (Å²) < 4.78 is 0. The molecular formula is C10H12NO2SW-. The maximum absolute atomic E-state index is 10.3. The zero-order chi connectivity index (χ0) is 10.4. The molecule has 0 amide bonds. The molecule has 1 atom stereocenters. The predicted molar refractivity (Wildman–Crippen MR) is 58.3 cm³/mol. The minimum absolute atomic E-state index is 0. The third kappa shape index (κ3) is 5.98. The molecular weight excluding hydrogens is 382 g/mol. The van der Waals surface area contributed by atoms with E-state index in [0.717, 1.165) is 11.3 Å². The Balaban J connectivity index is 0.00000196. The van der Waals surface area contributed by atoms with Crippen LogP contribution in [0, 0.1) is 0 Å². The van der Waals surface area contributed by atoms with Crippen LogP contribution in [-0.2, 0) is 31.6 Å². The Morgan fingerprint density at radius 1 is 1.40 bits per heavy atom. The molecule has 0 unspecified atom stereocenters. The van der Waals surface area contributed by atoms with Crippen molar-refractivity contribution in [2.45, 2.75) is 11.8 Å². The topological polar surface area (TPSA) is 61.1 Å². The van der Waals surface area contributed by atoms with Crippen LogP contribution >= 0.6 is 11.8 Å². The molecule has 0 spiro atoms. The number of benzene rings is 1. The number of nitrogens with one attached hydrogen (secondary N) is 1. The van der Waals surface area contributed by atoms with E-state index in [2.05, 4.69) is 0 Å². The van der Waals surface area contributed by atoms with Gasteiger partial charge in [-0.1, -0.05) is 30.3 Å². The van der Waals surface area contributed by atoms with Crippen molar-refractivity contribution in [3.05, 3.63) is 41.6 Å². The van der Waals surface area contributed by atoms with Gasteiger partial charge in [0.1, 0.15) is 0 Å². The summed E-state index contributed by atoms with van der Waals surface area (Å²) in [7, 11) is 0. The first kappa shape index (κ1) is 14.7. The van der Waals surface area contributed by atoms with Crippen LogP contribution in [0.2, 0.25) is 0 Å². The molecule has 0 saturated heterocycles. The Kier molecular flexibility index (Phi) is 7.75. The second-order valence-corrected chi connectivity index (χ2v) is 3.92. The van der Waals surface area contributed by atoms with Crippen LogP contribution in [0.5, 0.6) is 0 Å². The minimum Gasteiger partial charge on any atom is -0.665 e. The number of rotatable bonds is 5. The van der Waals surface area contributed by atoms with Crippen molar-refractivity contribution in [2.75, 3.05) is 5.75 Å². The SMILES string of the molecule is [NH-][C@@H](CSCc1ccccc1)C(=O)O.[W]. The maximum Gasteiger partial charge on any atom is 0.286 e. The van der Waals surface area contributed by atoms with E-state index in [1.54, 1.807) is 0 Å². The van der Waals surface area contributed by atoms with Gasteiger partial charge in [-0.15, -0.1) is 0 Å². The summed E-state index contributed by atoms with van der Waals surface area (Å²) in [6.45, 7) is 0. The van der Waals surface area contributed by atoms with Gasteiger partial charge < -0.3 is 10.8 Å². The second kappa shape index (κ2) is 7.91. The quantitative estimate of drug-likeness (QED) is 0.835. The Labute approximate surface area is 108 Å². The molecule has 82 valence electrons. The zero-order valence-electron chi connectivity index (χ0n) is 8.05. The number of aliphatic carboxylic acids is 1. The van der Waals surface area contributed by atoms with Gasteiger partial charge in [-0.25, -0.2) is 0 Å². The number of thioether (sulfide) groups is 1. The third-order valence-corrected chi connectivity index (χ3v) is 2.80. The van der Waals surface area contributed by atoms with E-state index >= 15 is 0 Å². The number of carbonyl (C=O) groups is 1. The monoisotopic (exact) mass is 394 g/mol. The Morgan fingerprint density at radius 3 is 2.53 bits per heavy atom. The number of hydrogen-bond donors (Lipinski definition) is 1. The molecule has 1 aromatic rings. The average molecular weight is 394 g/mol. The van der Waals surface area contributed by atoms with Crippen LogP contribution in [0.25, 0.3) is 5.73 Å². The van der Waals surface area contributed by atoms with Crippen molar-refractivity contribution in [3.8, 4) is 0 Å². The molecule has 0 saturated carbocycles. The van der Waals surface area contributed by atoms with Gasteiger partial charge in [0, 0.05) is 26.8 Å². The molecule has 1 aromatic carbocycles. The third-order valence-electron chi connectivity index (χ3n) is 1.69. The molecule has 1 rings (SSSR count). The minimum atomic E-state index is -1.05. The van der Waals surface area contributed by atoms with Crippen LogP contribution in [0.3, 0.4) is 0 Å². The first-order valence-corrected chi connectivity index (χ1v) is 5.41. The molecule has 0 fully saturated rings. The Hall–Kier alpha value is -0.312. The largest absolute Gasteiger partial charge is 0.665 e. The van der Waals surface area contributed by atoms with Crippen molar-refractivity contribution in [1.29, 1.82) is 0 Å². The summed E-state index contributed by atoms with van der Waals surface area (Å²) in [6, 6.07) is 8.82. The van der Waals surface area contributed by atoms with Gasteiger partial charge >= 0.3 is 0 Å². The van der Waals surface area contributed by atoms with Crippen molar-refractivity contribution in [3.63, 3.8) is 0 Å². The smallest absolute Gasteiger partial charge is 0.286 e. The summed E-state index contributed by atoms with van der Waals surface area (Å²) in [4.78, 5) is 10.3. The van der Waals surface area contributed by atoms with E-state index in [-0.39, 0.29) is 21.1 Å². The van der Waals surface area contributed by atoms with Gasteiger partial charge in [0.05, 0.1) is 0 Å². The van der Waals surface area contributed by atoms with Crippen molar-refractivity contribution >= 4 is 17.7 Å². The van der Waals surface area contributed by atoms with E-state index < -0.39 is 12.0 Å². The van der Waals surface area contributed by atoms with Crippen LogP contribution in [0.4, 0.5) is 0 Å². The first-order valence-electron chi connectivity index (χ1n) is 4.25. The molecule has 0 aliphatic carbocycles. The van der Waals surface area contributed by atoms with E-state index in [0.29, 0.717) is 5.75 Å². The molecule has 3 nitrogen and oxygen atoms in total. The second-order valence-electron chi connectivity index (χ2n) is 2.89. The predicted octanol–water partition coefficient (Wildman–Crippen LogP) is 2.42. The van der Waals surface area contributed by atoms with Gasteiger partial charge in [0.2, 0.25) is 0 Å². The fraction of sp³-hybridized carbons (Fsp3) is 0.300. The van der Waals surface area contributed by atoms with Crippen LogP contribution in [-0.4, -0.2) is 22.9 Å². The molecule has 0 aliphatic rings. The number of hydrogen-bond acceptors (Lipinski definition) is 2. The van der Waals surface area contributed by atoms with Crippen molar-refractivity contribution in [1.82, 2.24) is 0 Å². The van der Waals surface area contributed by atoms with Crippen LogP contribution in [0.1, 0.15) is 5.56 Å². The van der Waals surface area contributed by atoms with Crippen LogP contribution in [0.15, 0.2) is 30.3 Å². The van der Waals surface area contributed by atoms with Gasteiger partial charge in [-0.2, -0.15) is 11.8 Å². The number of carboxylic acids is 1. The van der Waals surface area contributed by atoms with E-state index in [4.69, 9.17) is 10.8 Å².